The molecule has 0 saturated carbocycles. The summed E-state index contributed by atoms with van der Waals surface area (Å²) in [7, 11) is 2.05. The minimum absolute atomic E-state index is 0.519. The van der Waals surface area contributed by atoms with E-state index >= 15 is 0 Å². The largest absolute Gasteiger partial charge is 0.331 e. The number of nitrogens with two attached hydrogens (primary N) is 1. The van der Waals surface area contributed by atoms with E-state index in [1.54, 1.807) is 0 Å². The summed E-state index contributed by atoms with van der Waals surface area (Å²) < 4.78 is 2.11. The predicted molar refractivity (Wildman–Crippen MR) is 75.4 cm³/mol. The van der Waals surface area contributed by atoms with Gasteiger partial charge in [0.1, 0.15) is 5.82 Å². The van der Waals surface area contributed by atoms with E-state index < -0.39 is 0 Å². The molecule has 18 heavy (non-hydrogen) atoms. The second kappa shape index (κ2) is 5.50. The van der Waals surface area contributed by atoms with E-state index in [0.29, 0.717) is 5.92 Å². The minimum Gasteiger partial charge on any atom is -0.331 e. The molecule has 1 aromatic carbocycles. The standard InChI is InChI=1S/C14H22N4/c1-10(7-15)8-16-9-12-4-5-14-13(6-12)17-11(2)18(14)3/h4-6,10,16H,7-9,15H2,1-3H3. The number of rotatable bonds is 5. The SMILES string of the molecule is Cc1nc2cc(CNCC(C)CN)ccc2n1C. The highest BCUT2D eigenvalue weighted by Gasteiger charge is 2.05. The summed E-state index contributed by atoms with van der Waals surface area (Å²) in [5.74, 6) is 1.57. The van der Waals surface area contributed by atoms with E-state index in [2.05, 4.69) is 40.0 Å². The van der Waals surface area contributed by atoms with Gasteiger partial charge in [-0.1, -0.05) is 13.0 Å². The zero-order valence-corrected chi connectivity index (χ0v) is 11.4. The van der Waals surface area contributed by atoms with Crippen LogP contribution in [0.3, 0.4) is 0 Å². The fraction of sp³-hybridized carbons (Fsp3) is 0.500. The van der Waals surface area contributed by atoms with Crippen LogP contribution in [0.2, 0.25) is 0 Å². The number of fused-ring (bicyclic) bond motifs is 1. The summed E-state index contributed by atoms with van der Waals surface area (Å²) in [4.78, 5) is 4.55. The second-order valence-corrected chi connectivity index (χ2v) is 5.01. The zero-order valence-electron chi connectivity index (χ0n) is 11.4. The molecule has 2 aromatic rings. The van der Waals surface area contributed by atoms with Crippen molar-refractivity contribution in [1.82, 2.24) is 14.9 Å². The molecule has 2 rings (SSSR count). The summed E-state index contributed by atoms with van der Waals surface area (Å²) in [5, 5.41) is 3.42. The fourth-order valence-corrected chi connectivity index (χ4v) is 2.02. The van der Waals surface area contributed by atoms with Gasteiger partial charge in [0.05, 0.1) is 11.0 Å². The molecule has 0 amide bonds. The molecule has 0 spiro atoms. The smallest absolute Gasteiger partial charge is 0.106 e. The molecule has 0 fully saturated rings. The summed E-state index contributed by atoms with van der Waals surface area (Å²) >= 11 is 0. The molecule has 1 atom stereocenters. The third-order valence-electron chi connectivity index (χ3n) is 3.39. The van der Waals surface area contributed by atoms with Crippen molar-refractivity contribution in [2.45, 2.75) is 20.4 Å². The average molecular weight is 246 g/mol. The van der Waals surface area contributed by atoms with Crippen LogP contribution in [-0.2, 0) is 13.6 Å². The van der Waals surface area contributed by atoms with E-state index in [1.165, 1.54) is 11.1 Å². The van der Waals surface area contributed by atoms with Gasteiger partial charge in [-0.3, -0.25) is 0 Å². The molecular formula is C14H22N4. The number of benzene rings is 1. The Bertz CT molecular complexity index is 530. The first-order chi connectivity index (χ1) is 8.61. The summed E-state index contributed by atoms with van der Waals surface area (Å²) in [6, 6.07) is 6.45. The van der Waals surface area contributed by atoms with Gasteiger partial charge < -0.3 is 15.6 Å². The van der Waals surface area contributed by atoms with Crippen molar-refractivity contribution >= 4 is 11.0 Å². The minimum atomic E-state index is 0.519. The summed E-state index contributed by atoms with van der Waals surface area (Å²) in [6.07, 6.45) is 0. The van der Waals surface area contributed by atoms with Gasteiger partial charge in [0.2, 0.25) is 0 Å². The van der Waals surface area contributed by atoms with Gasteiger partial charge in [0.25, 0.3) is 0 Å². The van der Waals surface area contributed by atoms with Crippen LogP contribution in [0.15, 0.2) is 18.2 Å². The van der Waals surface area contributed by atoms with Crippen molar-refractivity contribution in [3.63, 3.8) is 0 Å². The molecular weight excluding hydrogens is 224 g/mol. The highest BCUT2D eigenvalue weighted by Crippen LogP contribution is 2.16. The first kappa shape index (κ1) is 13.1. The van der Waals surface area contributed by atoms with Crippen molar-refractivity contribution in [3.05, 3.63) is 29.6 Å². The van der Waals surface area contributed by atoms with Crippen LogP contribution in [-0.4, -0.2) is 22.6 Å². The van der Waals surface area contributed by atoms with Gasteiger partial charge >= 0.3 is 0 Å². The Morgan fingerprint density at radius 3 is 2.94 bits per heavy atom. The highest BCUT2D eigenvalue weighted by molar-refractivity contribution is 5.76. The Balaban J connectivity index is 2.06. The van der Waals surface area contributed by atoms with Gasteiger partial charge in [-0.2, -0.15) is 0 Å². The topological polar surface area (TPSA) is 55.9 Å². The number of hydrogen-bond donors (Lipinski definition) is 2. The Kier molecular flexibility index (Phi) is 3.99. The lowest BCUT2D eigenvalue weighted by molar-refractivity contribution is 0.522. The molecule has 0 radical (unpaired) electrons. The first-order valence-corrected chi connectivity index (χ1v) is 6.44. The number of imidazole rings is 1. The zero-order chi connectivity index (χ0) is 13.1. The third kappa shape index (κ3) is 2.71. The van der Waals surface area contributed by atoms with Crippen molar-refractivity contribution in [2.75, 3.05) is 13.1 Å². The summed E-state index contributed by atoms with van der Waals surface area (Å²) in [6.45, 7) is 6.73. The van der Waals surface area contributed by atoms with Crippen LogP contribution in [0.25, 0.3) is 11.0 Å². The van der Waals surface area contributed by atoms with Crippen molar-refractivity contribution < 1.29 is 0 Å². The van der Waals surface area contributed by atoms with E-state index in [4.69, 9.17) is 5.73 Å². The number of hydrogen-bond acceptors (Lipinski definition) is 3. The maximum absolute atomic E-state index is 5.59. The van der Waals surface area contributed by atoms with Crippen molar-refractivity contribution in [2.24, 2.45) is 18.7 Å². The first-order valence-electron chi connectivity index (χ1n) is 6.44. The number of aryl methyl sites for hydroxylation is 2. The van der Waals surface area contributed by atoms with Crippen LogP contribution < -0.4 is 11.1 Å². The van der Waals surface area contributed by atoms with E-state index in [-0.39, 0.29) is 0 Å². The van der Waals surface area contributed by atoms with E-state index in [1.807, 2.05) is 14.0 Å². The Morgan fingerprint density at radius 2 is 2.22 bits per heavy atom. The number of aromatic nitrogens is 2. The monoisotopic (exact) mass is 246 g/mol. The molecule has 0 aliphatic heterocycles. The van der Waals surface area contributed by atoms with Crippen molar-refractivity contribution in [3.8, 4) is 0 Å². The van der Waals surface area contributed by atoms with Gasteiger partial charge in [-0.05, 0) is 43.6 Å². The average Bonchev–Trinajstić information content (AvgIpc) is 2.64. The molecule has 0 aliphatic rings. The quantitative estimate of drug-likeness (QED) is 0.842. The Hall–Kier alpha value is -1.39. The lowest BCUT2D eigenvalue weighted by Crippen LogP contribution is -2.25. The van der Waals surface area contributed by atoms with Crippen LogP contribution in [0.5, 0.6) is 0 Å². The molecule has 1 heterocycles. The molecule has 0 saturated heterocycles. The summed E-state index contributed by atoms with van der Waals surface area (Å²) in [5.41, 5.74) is 9.12. The molecule has 1 aromatic heterocycles. The van der Waals surface area contributed by atoms with Crippen molar-refractivity contribution in [1.29, 1.82) is 0 Å². The van der Waals surface area contributed by atoms with E-state index in [0.717, 1.165) is 31.0 Å². The molecule has 98 valence electrons. The predicted octanol–water partition coefficient (Wildman–Crippen LogP) is 1.57. The fourth-order valence-electron chi connectivity index (χ4n) is 2.02. The lowest BCUT2D eigenvalue weighted by atomic mass is 10.1. The molecule has 3 N–H and O–H groups in total. The Morgan fingerprint density at radius 1 is 1.44 bits per heavy atom. The molecule has 4 nitrogen and oxygen atoms in total. The highest BCUT2D eigenvalue weighted by atomic mass is 15.0. The van der Waals surface area contributed by atoms with Crippen LogP contribution >= 0.6 is 0 Å². The van der Waals surface area contributed by atoms with Gasteiger partial charge in [0.15, 0.2) is 0 Å². The molecule has 0 aliphatic carbocycles. The lowest BCUT2D eigenvalue weighted by Gasteiger charge is -2.09. The molecule has 0 bridgehead atoms. The van der Waals surface area contributed by atoms with Crippen LogP contribution in [0.1, 0.15) is 18.3 Å². The number of nitrogens with one attached hydrogen (secondary N) is 1. The molecule has 1 unspecified atom stereocenters. The van der Waals surface area contributed by atoms with Gasteiger partial charge in [0, 0.05) is 13.6 Å². The second-order valence-electron chi connectivity index (χ2n) is 5.01. The van der Waals surface area contributed by atoms with Crippen LogP contribution in [0.4, 0.5) is 0 Å². The van der Waals surface area contributed by atoms with Gasteiger partial charge in [-0.25, -0.2) is 4.98 Å². The number of nitrogens with zero attached hydrogens (tertiary/aromatic N) is 2. The normalized spacial score (nSPS) is 13.1. The maximum Gasteiger partial charge on any atom is 0.106 e. The third-order valence-corrected chi connectivity index (χ3v) is 3.39. The Labute approximate surface area is 108 Å². The van der Waals surface area contributed by atoms with E-state index in [9.17, 15) is 0 Å². The van der Waals surface area contributed by atoms with Gasteiger partial charge in [-0.15, -0.1) is 0 Å². The molecule has 4 heteroatoms. The maximum atomic E-state index is 5.59. The van der Waals surface area contributed by atoms with Crippen LogP contribution in [0, 0.1) is 12.8 Å².